The van der Waals surface area contributed by atoms with Gasteiger partial charge >= 0.3 is 0 Å². The number of hydrogen-bond acceptors (Lipinski definition) is 4. The fourth-order valence-corrected chi connectivity index (χ4v) is 2.22. The highest BCUT2D eigenvalue weighted by Crippen LogP contribution is 2.32. The van der Waals surface area contributed by atoms with Crippen LogP contribution in [0.5, 0.6) is 0 Å². The standard InChI is InChI=1S/C11H12BrN3O3/c12-8-6-7(15(17)18)2-3-9(8)14-10(16)11(13)4-1-5-11/h2-3,6H,1,4-5,13H2,(H,14,16). The number of nitro benzene ring substituents is 1. The fraction of sp³-hybridized carbons (Fsp3) is 0.364. The van der Waals surface area contributed by atoms with Gasteiger partial charge in [0.2, 0.25) is 5.91 Å². The molecule has 1 aromatic carbocycles. The molecule has 2 rings (SSSR count). The number of rotatable bonds is 3. The normalized spacial score (nSPS) is 16.8. The number of nitro groups is 1. The Morgan fingerprint density at radius 2 is 2.17 bits per heavy atom. The highest BCUT2D eigenvalue weighted by molar-refractivity contribution is 9.10. The molecule has 1 fully saturated rings. The molecule has 7 heteroatoms. The van der Waals surface area contributed by atoms with Gasteiger partial charge < -0.3 is 11.1 Å². The molecule has 0 bridgehead atoms. The van der Waals surface area contributed by atoms with Crippen molar-refractivity contribution in [1.82, 2.24) is 0 Å². The minimum atomic E-state index is -0.790. The molecule has 1 saturated carbocycles. The maximum Gasteiger partial charge on any atom is 0.270 e. The van der Waals surface area contributed by atoms with Gasteiger partial charge in [0.15, 0.2) is 0 Å². The average molecular weight is 314 g/mol. The minimum Gasteiger partial charge on any atom is -0.323 e. The lowest BCUT2D eigenvalue weighted by Gasteiger charge is -2.36. The molecule has 0 unspecified atom stereocenters. The van der Waals surface area contributed by atoms with E-state index in [-0.39, 0.29) is 11.6 Å². The summed E-state index contributed by atoms with van der Waals surface area (Å²) in [5.74, 6) is -0.247. The lowest BCUT2D eigenvalue weighted by molar-refractivity contribution is -0.384. The molecule has 0 aliphatic heterocycles. The van der Waals surface area contributed by atoms with E-state index in [1.807, 2.05) is 0 Å². The first-order valence-electron chi connectivity index (χ1n) is 5.47. The molecule has 1 aromatic rings. The molecule has 0 aromatic heterocycles. The zero-order valence-electron chi connectivity index (χ0n) is 9.48. The van der Waals surface area contributed by atoms with Crippen molar-refractivity contribution in [2.24, 2.45) is 5.73 Å². The number of carbonyl (C=O) groups is 1. The highest BCUT2D eigenvalue weighted by Gasteiger charge is 2.40. The molecule has 1 aliphatic carbocycles. The number of anilines is 1. The van der Waals surface area contributed by atoms with Crippen LogP contribution in [-0.2, 0) is 4.79 Å². The van der Waals surface area contributed by atoms with Crippen LogP contribution in [0.1, 0.15) is 19.3 Å². The Kier molecular flexibility index (Phi) is 3.36. The van der Waals surface area contributed by atoms with Gasteiger partial charge in [-0.15, -0.1) is 0 Å². The van der Waals surface area contributed by atoms with Crippen molar-refractivity contribution in [3.63, 3.8) is 0 Å². The smallest absolute Gasteiger partial charge is 0.270 e. The lowest BCUT2D eigenvalue weighted by Crippen LogP contribution is -2.56. The van der Waals surface area contributed by atoms with Crippen LogP contribution in [-0.4, -0.2) is 16.4 Å². The first-order chi connectivity index (χ1) is 8.42. The van der Waals surface area contributed by atoms with E-state index in [1.54, 1.807) is 0 Å². The number of halogens is 1. The fourth-order valence-electron chi connectivity index (χ4n) is 1.75. The van der Waals surface area contributed by atoms with Gasteiger partial charge in [-0.3, -0.25) is 14.9 Å². The van der Waals surface area contributed by atoms with Gasteiger partial charge in [0.05, 0.1) is 16.1 Å². The Morgan fingerprint density at radius 1 is 1.50 bits per heavy atom. The number of hydrogen-bond donors (Lipinski definition) is 2. The van der Waals surface area contributed by atoms with Crippen LogP contribution < -0.4 is 11.1 Å². The topological polar surface area (TPSA) is 98.3 Å². The van der Waals surface area contributed by atoms with Crippen molar-refractivity contribution < 1.29 is 9.72 Å². The Hall–Kier alpha value is -1.47. The first-order valence-corrected chi connectivity index (χ1v) is 6.26. The molecule has 0 heterocycles. The molecule has 0 spiro atoms. The Morgan fingerprint density at radius 3 is 2.61 bits per heavy atom. The van der Waals surface area contributed by atoms with E-state index in [1.165, 1.54) is 18.2 Å². The second kappa shape index (κ2) is 4.66. The molecule has 3 N–H and O–H groups in total. The summed E-state index contributed by atoms with van der Waals surface area (Å²) in [5, 5.41) is 13.3. The maximum atomic E-state index is 11.9. The zero-order chi connectivity index (χ0) is 13.3. The summed E-state index contributed by atoms with van der Waals surface area (Å²) in [6.45, 7) is 0. The zero-order valence-corrected chi connectivity index (χ0v) is 11.1. The minimum absolute atomic E-state index is 0.0361. The van der Waals surface area contributed by atoms with Crippen LogP contribution >= 0.6 is 15.9 Å². The Labute approximate surface area is 112 Å². The number of benzene rings is 1. The van der Waals surface area contributed by atoms with Crippen molar-refractivity contribution in [1.29, 1.82) is 0 Å². The quantitative estimate of drug-likeness (QED) is 0.660. The molecule has 18 heavy (non-hydrogen) atoms. The van der Waals surface area contributed by atoms with E-state index in [9.17, 15) is 14.9 Å². The van der Waals surface area contributed by atoms with Gasteiger partial charge in [0.1, 0.15) is 0 Å². The summed E-state index contributed by atoms with van der Waals surface area (Å²) in [7, 11) is 0. The predicted octanol–water partition coefficient (Wildman–Crippen LogP) is 2.18. The Balaban J connectivity index is 2.15. The van der Waals surface area contributed by atoms with E-state index in [4.69, 9.17) is 5.73 Å². The molecule has 1 amide bonds. The van der Waals surface area contributed by atoms with Crippen LogP contribution in [0.4, 0.5) is 11.4 Å². The lowest BCUT2D eigenvalue weighted by atomic mass is 9.77. The summed E-state index contributed by atoms with van der Waals surface area (Å²) >= 11 is 3.19. The highest BCUT2D eigenvalue weighted by atomic mass is 79.9. The van der Waals surface area contributed by atoms with Crippen molar-refractivity contribution in [3.8, 4) is 0 Å². The predicted molar refractivity (Wildman–Crippen MR) is 70.2 cm³/mol. The van der Waals surface area contributed by atoms with Crippen LogP contribution in [0.25, 0.3) is 0 Å². The van der Waals surface area contributed by atoms with Crippen molar-refractivity contribution >= 4 is 33.2 Å². The number of nitrogens with two attached hydrogens (primary N) is 1. The molecule has 1 aliphatic rings. The molecular formula is C11H12BrN3O3. The van der Waals surface area contributed by atoms with Crippen molar-refractivity contribution in [2.45, 2.75) is 24.8 Å². The van der Waals surface area contributed by atoms with E-state index >= 15 is 0 Å². The SMILES string of the molecule is NC1(C(=O)Nc2ccc([N+](=O)[O-])cc2Br)CCC1. The summed E-state index contributed by atoms with van der Waals surface area (Å²) in [6.07, 6.45) is 2.29. The van der Waals surface area contributed by atoms with Crippen LogP contribution in [0, 0.1) is 10.1 Å². The Bertz CT molecular complexity index is 514. The van der Waals surface area contributed by atoms with Crippen molar-refractivity contribution in [3.05, 3.63) is 32.8 Å². The second-order valence-electron chi connectivity index (χ2n) is 4.39. The number of carbonyl (C=O) groups excluding carboxylic acids is 1. The molecular weight excluding hydrogens is 302 g/mol. The van der Waals surface area contributed by atoms with Gasteiger partial charge in [0.25, 0.3) is 5.69 Å². The van der Waals surface area contributed by atoms with Crippen molar-refractivity contribution in [2.75, 3.05) is 5.32 Å². The number of non-ortho nitro benzene ring substituents is 1. The van der Waals surface area contributed by atoms with E-state index in [0.717, 1.165) is 6.42 Å². The van der Waals surface area contributed by atoms with Gasteiger partial charge in [-0.2, -0.15) is 0 Å². The van der Waals surface area contributed by atoms with Gasteiger partial charge in [-0.05, 0) is 41.3 Å². The average Bonchev–Trinajstić information content (AvgIpc) is 2.28. The largest absolute Gasteiger partial charge is 0.323 e. The van der Waals surface area contributed by atoms with Crippen LogP contribution in [0.2, 0.25) is 0 Å². The maximum absolute atomic E-state index is 11.9. The second-order valence-corrected chi connectivity index (χ2v) is 5.24. The summed E-state index contributed by atoms with van der Waals surface area (Å²) in [5.41, 5.74) is 5.55. The number of amides is 1. The molecule has 6 nitrogen and oxygen atoms in total. The summed E-state index contributed by atoms with van der Waals surface area (Å²) in [6, 6.07) is 4.17. The molecule has 96 valence electrons. The van der Waals surface area contributed by atoms with E-state index in [0.29, 0.717) is 23.0 Å². The first kappa shape index (κ1) is 13.0. The van der Waals surface area contributed by atoms with E-state index < -0.39 is 10.5 Å². The third-order valence-corrected chi connectivity index (χ3v) is 3.77. The summed E-state index contributed by atoms with van der Waals surface area (Å²) < 4.78 is 0.466. The van der Waals surface area contributed by atoms with Gasteiger partial charge in [-0.1, -0.05) is 0 Å². The van der Waals surface area contributed by atoms with Crippen LogP contribution in [0.3, 0.4) is 0 Å². The third kappa shape index (κ3) is 2.37. The summed E-state index contributed by atoms with van der Waals surface area (Å²) in [4.78, 5) is 22.0. The third-order valence-electron chi connectivity index (χ3n) is 3.11. The van der Waals surface area contributed by atoms with E-state index in [2.05, 4.69) is 21.2 Å². The number of nitrogens with one attached hydrogen (secondary N) is 1. The molecule has 0 radical (unpaired) electrons. The molecule has 0 atom stereocenters. The van der Waals surface area contributed by atoms with Crippen LogP contribution in [0.15, 0.2) is 22.7 Å². The van der Waals surface area contributed by atoms with Gasteiger partial charge in [-0.25, -0.2) is 0 Å². The molecule has 0 saturated heterocycles. The monoisotopic (exact) mass is 313 g/mol. The van der Waals surface area contributed by atoms with Gasteiger partial charge in [0, 0.05) is 16.6 Å². The number of nitrogens with zero attached hydrogens (tertiary/aromatic N) is 1.